The standard InChI is InChI=1S/2C15H21BN6.Sm.2H2/c2*1-10-7-13(4)20(17-10)16(21-14(5)8-11(2)18-21)22-15(6)9-12(3)19-22;;;/h2*7-9H,1-6H3;;2*1H/q2*-1;;;. The smallest absolute Gasteiger partial charge is 0.261 e. The molecule has 0 unspecified atom stereocenters. The molecule has 6 heterocycles. The summed E-state index contributed by atoms with van der Waals surface area (Å²) in [5.41, 5.74) is 12.5. The van der Waals surface area contributed by atoms with Crippen molar-refractivity contribution in [1.29, 1.82) is 0 Å². The van der Waals surface area contributed by atoms with Gasteiger partial charge in [-0.1, -0.05) is 0 Å². The molecule has 6 aromatic heterocycles. The molecule has 0 spiro atoms. The summed E-state index contributed by atoms with van der Waals surface area (Å²) < 4.78 is 11.9. The van der Waals surface area contributed by atoms with Crippen LogP contribution in [0.4, 0.5) is 0 Å². The topological polar surface area (TPSA) is 107 Å². The Morgan fingerprint density at radius 3 is 0.556 bits per heavy atom. The van der Waals surface area contributed by atoms with Crippen LogP contribution in [0, 0.1) is 123 Å². The maximum absolute atomic E-state index is 4.66. The fraction of sp³-hybridized carbons (Fsp3) is 0.400. The Kier molecular flexibility index (Phi) is 10.5. The molecule has 0 aromatic carbocycles. The Morgan fingerprint density at radius 2 is 0.467 bits per heavy atom. The fourth-order valence-corrected chi connectivity index (χ4v) is 5.90. The summed E-state index contributed by atoms with van der Waals surface area (Å²) in [7, 11) is -0.452. The van der Waals surface area contributed by atoms with Crippen LogP contribution >= 0.6 is 0 Å². The average Bonchev–Trinajstić information content (AvgIpc) is 3.74. The molecular formula is C30H46B2N12Sm-2. The van der Waals surface area contributed by atoms with Crippen LogP contribution in [0.15, 0.2) is 36.4 Å². The number of hydrogen-bond donors (Lipinski definition) is 0. The zero-order valence-electron chi connectivity index (χ0n) is 28.4. The molecule has 0 aliphatic carbocycles. The molecule has 240 valence electrons. The first-order valence-electron chi connectivity index (χ1n) is 14.9. The second-order valence-electron chi connectivity index (χ2n) is 11.9. The van der Waals surface area contributed by atoms with Crippen molar-refractivity contribution in [3.8, 4) is 0 Å². The Morgan fingerprint density at radius 1 is 0.333 bits per heavy atom. The number of rotatable bonds is 6. The summed E-state index contributed by atoms with van der Waals surface area (Å²) in [6.45, 7) is 24.4. The molecule has 15 heteroatoms. The molecule has 2 radical (unpaired) electrons. The predicted octanol–water partition coefficient (Wildman–Crippen LogP) is 4.60. The summed E-state index contributed by atoms with van der Waals surface area (Å²) in [5.74, 6) is 0. The summed E-state index contributed by atoms with van der Waals surface area (Å²) >= 11 is 0. The maximum atomic E-state index is 4.66. The first kappa shape index (κ1) is 34.6. The van der Waals surface area contributed by atoms with Crippen LogP contribution < -0.4 is 0 Å². The van der Waals surface area contributed by atoms with Gasteiger partial charge in [-0.25, -0.2) is 30.6 Å². The molecule has 0 aliphatic heterocycles. The van der Waals surface area contributed by atoms with Gasteiger partial charge in [0.15, 0.2) is 0 Å². The van der Waals surface area contributed by atoms with Gasteiger partial charge >= 0.3 is 0 Å². The van der Waals surface area contributed by atoms with Gasteiger partial charge in [-0.05, 0) is 154 Å². The van der Waals surface area contributed by atoms with E-state index in [0.29, 0.717) is 0 Å². The van der Waals surface area contributed by atoms with Crippen molar-refractivity contribution < 1.29 is 43.2 Å². The fourth-order valence-electron chi connectivity index (χ4n) is 5.90. The first-order chi connectivity index (χ1) is 20.7. The summed E-state index contributed by atoms with van der Waals surface area (Å²) in [6, 6.07) is 12.4. The zero-order valence-corrected chi connectivity index (χ0v) is 31.0. The summed E-state index contributed by atoms with van der Waals surface area (Å²) in [6.07, 6.45) is 0. The van der Waals surface area contributed by atoms with Crippen molar-refractivity contribution in [3.05, 3.63) is 105 Å². The Hall–Kier alpha value is -3.27. The van der Waals surface area contributed by atoms with E-state index in [-0.39, 0.29) is 57.5 Å². The molecule has 0 fully saturated rings. The third kappa shape index (κ3) is 7.10. The average molecular weight is 747 g/mol. The molecule has 0 saturated carbocycles. The number of nitrogens with zero attached hydrogens (tertiary/aromatic N) is 12. The molecule has 0 atom stereocenters. The van der Waals surface area contributed by atoms with Crippen molar-refractivity contribution >= 4 is 14.2 Å². The van der Waals surface area contributed by atoms with Crippen LogP contribution in [0.3, 0.4) is 0 Å². The van der Waals surface area contributed by atoms with E-state index in [1.807, 2.05) is 69.1 Å². The second kappa shape index (κ2) is 13.6. The van der Waals surface area contributed by atoms with E-state index in [9.17, 15) is 0 Å². The van der Waals surface area contributed by atoms with E-state index >= 15 is 0 Å². The maximum Gasteiger partial charge on any atom is 0.261 e. The molecule has 0 saturated heterocycles. The molecule has 0 amide bonds. The third-order valence-electron chi connectivity index (χ3n) is 7.58. The van der Waals surface area contributed by atoms with Crippen molar-refractivity contribution in [3.63, 3.8) is 0 Å². The van der Waals surface area contributed by atoms with Gasteiger partial charge in [0.1, 0.15) is 0 Å². The van der Waals surface area contributed by atoms with Crippen LogP contribution in [0.1, 0.15) is 71.2 Å². The van der Waals surface area contributed by atoms with Crippen molar-refractivity contribution in [1.82, 2.24) is 58.1 Å². The van der Waals surface area contributed by atoms with Crippen LogP contribution in [-0.4, -0.2) is 72.4 Å². The van der Waals surface area contributed by atoms with Crippen LogP contribution in [0.25, 0.3) is 0 Å². The Bertz CT molecular complexity index is 1590. The zero-order chi connectivity index (χ0) is 32.0. The molecule has 6 aromatic rings. The molecule has 0 aliphatic rings. The van der Waals surface area contributed by atoms with Crippen LogP contribution in [0.5, 0.6) is 0 Å². The quantitative estimate of drug-likeness (QED) is 0.231. The second-order valence-corrected chi connectivity index (χ2v) is 11.9. The Balaban J connectivity index is 0.000000307. The van der Waals surface area contributed by atoms with Crippen molar-refractivity contribution in [2.75, 3.05) is 0 Å². The van der Waals surface area contributed by atoms with Crippen molar-refractivity contribution in [2.24, 2.45) is 0 Å². The van der Waals surface area contributed by atoms with Gasteiger partial charge in [-0.2, -0.15) is 0 Å². The van der Waals surface area contributed by atoms with E-state index in [2.05, 4.69) is 109 Å². The normalized spacial score (nSPS) is 11.3. The minimum Gasteiger partial charge on any atom is -0.422 e. The Labute approximate surface area is 301 Å². The van der Waals surface area contributed by atoms with Gasteiger partial charge in [-0.3, -0.25) is 0 Å². The van der Waals surface area contributed by atoms with E-state index in [4.69, 9.17) is 0 Å². The van der Waals surface area contributed by atoms with Gasteiger partial charge in [0.2, 0.25) is 0 Å². The van der Waals surface area contributed by atoms with E-state index in [1.165, 1.54) is 0 Å². The van der Waals surface area contributed by atoms with Crippen LogP contribution in [0.2, 0.25) is 0 Å². The minimum atomic E-state index is -0.226. The molecule has 45 heavy (non-hydrogen) atoms. The largest absolute Gasteiger partial charge is 0.422 e. The molecule has 12 nitrogen and oxygen atoms in total. The molecule has 0 N–H and O–H groups in total. The number of aromatic nitrogens is 12. The van der Waals surface area contributed by atoms with Crippen molar-refractivity contribution in [2.45, 2.75) is 83.1 Å². The molecule has 0 bridgehead atoms. The number of hydrogen-bond acceptors (Lipinski definition) is 6. The first-order valence-corrected chi connectivity index (χ1v) is 14.9. The van der Waals surface area contributed by atoms with Crippen LogP contribution in [-0.2, 0) is 0 Å². The third-order valence-corrected chi connectivity index (χ3v) is 7.58. The summed E-state index contributed by atoms with van der Waals surface area (Å²) in [4.78, 5) is 0. The van der Waals surface area contributed by atoms with E-state index in [1.54, 1.807) is 0 Å². The summed E-state index contributed by atoms with van der Waals surface area (Å²) in [5, 5.41) is 28.0. The van der Waals surface area contributed by atoms with Gasteiger partial charge in [-0.15, -0.1) is 0 Å². The predicted molar refractivity (Wildman–Crippen MR) is 178 cm³/mol. The van der Waals surface area contributed by atoms with Gasteiger partial charge in [0, 0.05) is 43.2 Å². The minimum absolute atomic E-state index is 0. The van der Waals surface area contributed by atoms with E-state index in [0.717, 1.165) is 68.3 Å². The monoisotopic (exact) mass is 748 g/mol. The van der Waals surface area contributed by atoms with E-state index < -0.39 is 0 Å². The van der Waals surface area contributed by atoms with Gasteiger partial charge in [0.25, 0.3) is 14.2 Å². The number of aryl methyl sites for hydroxylation is 12. The molecular weight excluding hydrogens is 700 g/mol. The van der Waals surface area contributed by atoms with Gasteiger partial charge < -0.3 is 27.6 Å². The SMILES string of the molecule is Cc1cc(C)n([B-](n2nc(C)cc2C)n2nc(C)cc2C)n1.Cc1cc(C)n([B-](n2nc(C)cc2C)n2nc(C)cc2C)n1.[HH].[HH].[Sm]. The molecule has 6 rings (SSSR count). The van der Waals surface area contributed by atoms with Gasteiger partial charge in [0.05, 0.1) is 34.2 Å².